The van der Waals surface area contributed by atoms with Crippen LogP contribution in [0.1, 0.15) is 0 Å². The van der Waals surface area contributed by atoms with E-state index >= 15 is 0 Å². The van der Waals surface area contributed by atoms with E-state index in [0.717, 1.165) is 0 Å². The van der Waals surface area contributed by atoms with Gasteiger partial charge in [0.2, 0.25) is 0 Å². The van der Waals surface area contributed by atoms with E-state index in [1.54, 1.807) is 0 Å². The Morgan fingerprint density at radius 3 is 1.20 bits per heavy atom. The zero-order chi connectivity index (χ0) is 2.71. The molecule has 0 saturated heterocycles. The fourth-order valence-corrected chi connectivity index (χ4v) is 0. The molecule has 0 spiro atoms. The molecule has 0 rings (SSSR count). The molecule has 0 N–H and O–H groups in total. The van der Waals surface area contributed by atoms with Gasteiger partial charge in [0.15, 0.2) is 0 Å². The van der Waals surface area contributed by atoms with Crippen LogP contribution in [-0.2, 0) is 0 Å². The molecule has 0 aromatic rings. The third-order valence-electron chi connectivity index (χ3n) is 0. The Morgan fingerprint density at radius 2 is 1.20 bits per heavy atom. The molecule has 28 valence electrons. The molecule has 0 fully saturated rings. The van der Waals surface area contributed by atoms with Gasteiger partial charge in [0.25, 0.3) is 0 Å². The van der Waals surface area contributed by atoms with E-state index in [4.69, 9.17) is 0 Å². The van der Waals surface area contributed by atoms with Crippen molar-refractivity contribution in [3.8, 4) is 0 Å². The number of rotatable bonds is 0. The minimum absolute atomic E-state index is 0. The van der Waals surface area contributed by atoms with Crippen molar-refractivity contribution in [3.05, 3.63) is 0 Å². The van der Waals surface area contributed by atoms with Crippen LogP contribution in [-0.4, -0.2) is 23.9 Å². The van der Waals surface area contributed by atoms with Gasteiger partial charge in [-0.15, -0.1) is 0 Å². The van der Waals surface area contributed by atoms with Crippen LogP contribution in [0.3, 0.4) is 0 Å². The van der Waals surface area contributed by atoms with E-state index in [1.807, 2.05) is 0 Å². The molecule has 0 saturated carbocycles. The second-order valence-corrected chi connectivity index (χ2v) is 16.3. The van der Waals surface area contributed by atoms with Crippen LogP contribution in [0.4, 0.5) is 0 Å². The summed E-state index contributed by atoms with van der Waals surface area (Å²) in [5.74, 6) is 0. The first-order valence-corrected chi connectivity index (χ1v) is 12.9. The van der Waals surface area contributed by atoms with Crippen molar-refractivity contribution < 1.29 is 82.1 Å². The quantitative estimate of drug-likeness (QED) is 0.185. The Balaban J connectivity index is -0.0000000200. The van der Waals surface area contributed by atoms with Crippen molar-refractivity contribution in [1.29, 1.82) is 0 Å². The van der Waals surface area contributed by atoms with Crippen LogP contribution >= 0.6 is 37.2 Å². The van der Waals surface area contributed by atoms with Crippen LogP contribution in [0.25, 0.3) is 0 Å². The first-order valence-electron chi connectivity index (χ1n) is 0.286. The molecule has 0 aliphatic heterocycles. The molecule has 0 amide bonds. The predicted molar refractivity (Wildman–Crippen MR) is 36.6 cm³/mol. The van der Waals surface area contributed by atoms with Crippen molar-refractivity contribution in [2.24, 2.45) is 0 Å². The summed E-state index contributed by atoms with van der Waals surface area (Å²) < 4.78 is 0. The van der Waals surface area contributed by atoms with Crippen LogP contribution < -0.4 is 82.1 Å². The Bertz CT molecular complexity index is 6.85. The summed E-state index contributed by atoms with van der Waals surface area (Å²) in [6.07, 6.45) is 0. The Morgan fingerprint density at radius 1 is 1.20 bits per heavy atom. The van der Waals surface area contributed by atoms with Gasteiger partial charge in [0.1, 0.15) is 0 Å². The molecule has 2 radical (unpaired) electrons. The van der Waals surface area contributed by atoms with Crippen LogP contribution in [0, 0.1) is 0 Å². The van der Waals surface area contributed by atoms with E-state index in [9.17, 15) is 0 Å². The van der Waals surface area contributed by atoms with Gasteiger partial charge < -0.3 is 0 Å². The summed E-state index contributed by atoms with van der Waals surface area (Å²) in [5, 5.41) is 0. The molecule has 5 heavy (non-hydrogen) atoms. The molecular weight excluding hydrogens is 632 g/mol. The average Bonchev–Trinajstić information content (AvgIpc) is 0.918. The second kappa shape index (κ2) is 16.0. The standard InChI is InChI=1S/Cs.I3.Sn.2H/c;1-3-2;;;/q+1;-1;;;. The Hall–Kier alpha value is 5.04. The summed E-state index contributed by atoms with van der Waals surface area (Å²) >= 11 is 5.30. The van der Waals surface area contributed by atoms with Crippen molar-refractivity contribution in [2.75, 3.05) is 0 Å². The second-order valence-electron chi connectivity index (χ2n) is 0.0540. The first kappa shape index (κ1) is 16.6. The molecule has 0 aromatic carbocycles. The fourth-order valence-electron chi connectivity index (χ4n) is 0. The molecule has 5 heteroatoms. The Labute approximate surface area is 138 Å². The van der Waals surface area contributed by atoms with E-state index in [1.165, 1.54) is 0 Å². The third-order valence-corrected chi connectivity index (χ3v) is 0. The summed E-state index contributed by atoms with van der Waals surface area (Å²) in [6.45, 7) is 0. The number of hydrogen-bond donors (Lipinski definition) is 0. The van der Waals surface area contributed by atoms with Crippen LogP contribution in [0.15, 0.2) is 0 Å². The molecule has 0 heterocycles. The normalized spacial score (nSPS) is 4.40. The van der Waals surface area contributed by atoms with Gasteiger partial charge in [-0.2, -0.15) is 0 Å². The van der Waals surface area contributed by atoms with Gasteiger partial charge in [-0.25, -0.2) is 0 Å². The predicted octanol–water partition coefficient (Wildman–Crippen LogP) is -5.14. The zero-order valence-corrected chi connectivity index (χ0v) is 19.6. The summed E-state index contributed by atoms with van der Waals surface area (Å²) in [4.78, 5) is 0. The summed E-state index contributed by atoms with van der Waals surface area (Å²) in [7, 11) is 0. The molecular formula is H2CsI3Sn. The maximum atomic E-state index is 2.39. The molecule has 0 nitrogen and oxygen atoms in total. The zero-order valence-electron chi connectivity index (χ0n) is 2.84. The van der Waals surface area contributed by atoms with E-state index in [2.05, 4.69) is 37.2 Å². The van der Waals surface area contributed by atoms with Crippen molar-refractivity contribution in [2.45, 2.75) is 0 Å². The van der Waals surface area contributed by atoms with Crippen LogP contribution in [0.2, 0.25) is 0 Å². The molecule has 0 aliphatic carbocycles. The summed E-state index contributed by atoms with van der Waals surface area (Å²) in [6, 6.07) is 0. The minimum atomic E-state index is 0. The van der Waals surface area contributed by atoms with E-state index < -0.39 is 0 Å². The SMILES string of the molecule is I[I-]I.[Cs+].[SnH2]. The van der Waals surface area contributed by atoms with Gasteiger partial charge in [0.05, 0.1) is 0 Å². The topological polar surface area (TPSA) is 0 Å². The summed E-state index contributed by atoms with van der Waals surface area (Å²) in [5.41, 5.74) is 0. The van der Waals surface area contributed by atoms with E-state index in [-0.39, 0.29) is 92.8 Å². The third kappa shape index (κ3) is 17.6. The van der Waals surface area contributed by atoms with Gasteiger partial charge in [-0.1, -0.05) is 0 Å². The molecule has 0 atom stereocenters. The van der Waals surface area contributed by atoms with Crippen molar-refractivity contribution in [1.82, 2.24) is 0 Å². The molecule has 0 aliphatic rings. The monoisotopic (exact) mass is 636 g/mol. The molecule has 0 unspecified atom stereocenters. The number of hydrogen-bond acceptors (Lipinski definition) is 0. The number of halogens is 3. The maximum absolute atomic E-state index is 2.39. The first-order chi connectivity index (χ1) is 1.41. The van der Waals surface area contributed by atoms with Gasteiger partial charge >= 0.3 is 143 Å². The van der Waals surface area contributed by atoms with E-state index in [0.29, 0.717) is 13.3 Å². The van der Waals surface area contributed by atoms with Crippen molar-refractivity contribution in [3.63, 3.8) is 0 Å². The Kier molecular flexibility index (Phi) is 53.0. The molecule has 0 aromatic heterocycles. The van der Waals surface area contributed by atoms with Gasteiger partial charge in [-0.05, 0) is 0 Å². The van der Waals surface area contributed by atoms with Gasteiger partial charge in [0, 0.05) is 0 Å². The van der Waals surface area contributed by atoms with Crippen LogP contribution in [0.5, 0.6) is 0 Å². The fraction of sp³-hybridized carbons (Fsp3) is 0. The van der Waals surface area contributed by atoms with Crippen molar-refractivity contribution >= 4 is 61.1 Å². The molecule has 0 bridgehead atoms. The van der Waals surface area contributed by atoms with Gasteiger partial charge in [-0.3, -0.25) is 0 Å². The average molecular weight is 634 g/mol.